The van der Waals surface area contributed by atoms with Gasteiger partial charge in [-0.3, -0.25) is 0 Å². The molecule has 0 heterocycles. The second-order valence-electron chi connectivity index (χ2n) is 5.34. The summed E-state index contributed by atoms with van der Waals surface area (Å²) in [6.07, 6.45) is 1.50. The summed E-state index contributed by atoms with van der Waals surface area (Å²) in [4.78, 5) is 0. The normalized spacial score (nSPS) is 26.6. The van der Waals surface area contributed by atoms with Gasteiger partial charge in [0.2, 0.25) is 0 Å². The molecule has 2 rings (SSSR count). The fraction of sp³-hybridized carbons (Fsp3) is 0.571. The average molecular weight is 298 g/mol. The van der Waals surface area contributed by atoms with Crippen LogP contribution in [0.15, 0.2) is 28.7 Å². The largest absolute Gasteiger partial charge is 0.381 e. The maximum atomic E-state index is 5.46. The molecule has 17 heavy (non-hydrogen) atoms. The van der Waals surface area contributed by atoms with E-state index in [2.05, 4.69) is 59.4 Å². The van der Waals surface area contributed by atoms with Gasteiger partial charge in [0.25, 0.3) is 0 Å². The van der Waals surface area contributed by atoms with Crippen molar-refractivity contribution >= 4 is 15.9 Å². The van der Waals surface area contributed by atoms with E-state index in [1.165, 1.54) is 5.56 Å². The number of halogens is 1. The van der Waals surface area contributed by atoms with E-state index in [9.17, 15) is 0 Å². The number of methoxy groups -OCH3 is 1. The third-order valence-corrected chi connectivity index (χ3v) is 4.40. The van der Waals surface area contributed by atoms with Gasteiger partial charge in [0.1, 0.15) is 0 Å². The summed E-state index contributed by atoms with van der Waals surface area (Å²) in [6.45, 7) is 5.45. The Labute approximate surface area is 112 Å². The smallest absolute Gasteiger partial charge is 0.0652 e. The minimum Gasteiger partial charge on any atom is -0.381 e. The highest BCUT2D eigenvalue weighted by Crippen LogP contribution is 2.42. The Morgan fingerprint density at radius 1 is 1.47 bits per heavy atom. The summed E-state index contributed by atoms with van der Waals surface area (Å²) in [5.74, 6) is 0. The molecule has 0 spiro atoms. The van der Waals surface area contributed by atoms with Crippen molar-refractivity contribution in [3.8, 4) is 0 Å². The SMILES string of the molecule is COC1CC(NCc2cccc(Br)c2)C1(C)C. The van der Waals surface area contributed by atoms with Crippen LogP contribution < -0.4 is 5.32 Å². The van der Waals surface area contributed by atoms with Gasteiger partial charge in [-0.2, -0.15) is 0 Å². The summed E-state index contributed by atoms with van der Waals surface area (Å²) >= 11 is 3.50. The fourth-order valence-corrected chi connectivity index (χ4v) is 2.97. The van der Waals surface area contributed by atoms with E-state index >= 15 is 0 Å². The van der Waals surface area contributed by atoms with Crippen molar-refractivity contribution in [3.63, 3.8) is 0 Å². The molecule has 1 aromatic carbocycles. The Balaban J connectivity index is 1.88. The molecule has 1 saturated carbocycles. The van der Waals surface area contributed by atoms with Crippen molar-refractivity contribution in [1.82, 2.24) is 5.32 Å². The summed E-state index contributed by atoms with van der Waals surface area (Å²) in [5, 5.41) is 3.62. The molecular weight excluding hydrogens is 278 g/mol. The molecule has 94 valence electrons. The molecule has 0 radical (unpaired) electrons. The van der Waals surface area contributed by atoms with Crippen molar-refractivity contribution in [3.05, 3.63) is 34.3 Å². The molecular formula is C14H20BrNO. The Hall–Kier alpha value is -0.380. The van der Waals surface area contributed by atoms with Crippen molar-refractivity contribution in [1.29, 1.82) is 0 Å². The molecule has 1 N–H and O–H groups in total. The van der Waals surface area contributed by atoms with Gasteiger partial charge in [0.05, 0.1) is 6.10 Å². The van der Waals surface area contributed by atoms with Gasteiger partial charge in [-0.15, -0.1) is 0 Å². The van der Waals surface area contributed by atoms with E-state index < -0.39 is 0 Å². The number of rotatable bonds is 4. The van der Waals surface area contributed by atoms with Crippen LogP contribution in [-0.4, -0.2) is 19.3 Å². The minimum absolute atomic E-state index is 0.237. The minimum atomic E-state index is 0.237. The molecule has 1 aliphatic carbocycles. The topological polar surface area (TPSA) is 21.3 Å². The van der Waals surface area contributed by atoms with E-state index in [1.54, 1.807) is 7.11 Å². The van der Waals surface area contributed by atoms with Gasteiger partial charge < -0.3 is 10.1 Å². The fourth-order valence-electron chi connectivity index (χ4n) is 2.52. The van der Waals surface area contributed by atoms with E-state index in [0.29, 0.717) is 12.1 Å². The molecule has 1 aromatic rings. The van der Waals surface area contributed by atoms with Crippen LogP contribution in [0, 0.1) is 5.41 Å². The molecule has 3 heteroatoms. The van der Waals surface area contributed by atoms with Crippen LogP contribution >= 0.6 is 15.9 Å². The van der Waals surface area contributed by atoms with Crippen LogP contribution in [0.1, 0.15) is 25.8 Å². The standard InChI is InChI=1S/C14H20BrNO/c1-14(2)12(8-13(14)17-3)16-9-10-5-4-6-11(15)7-10/h4-7,12-13,16H,8-9H2,1-3H3. The van der Waals surface area contributed by atoms with Gasteiger partial charge in [-0.1, -0.05) is 41.9 Å². The highest BCUT2D eigenvalue weighted by atomic mass is 79.9. The zero-order valence-corrected chi connectivity index (χ0v) is 12.3. The summed E-state index contributed by atoms with van der Waals surface area (Å²) in [7, 11) is 1.80. The van der Waals surface area contributed by atoms with Gasteiger partial charge in [0.15, 0.2) is 0 Å². The Morgan fingerprint density at radius 3 is 2.82 bits per heavy atom. The summed E-state index contributed by atoms with van der Waals surface area (Å²) in [6, 6.07) is 8.98. The molecule has 1 aliphatic rings. The second-order valence-corrected chi connectivity index (χ2v) is 6.26. The Kier molecular flexibility index (Phi) is 3.91. The Morgan fingerprint density at radius 2 is 2.24 bits per heavy atom. The van der Waals surface area contributed by atoms with Crippen molar-refractivity contribution in [2.75, 3.05) is 7.11 Å². The highest BCUT2D eigenvalue weighted by Gasteiger charge is 2.48. The van der Waals surface area contributed by atoms with Gasteiger partial charge in [-0.05, 0) is 24.1 Å². The van der Waals surface area contributed by atoms with Gasteiger partial charge in [-0.25, -0.2) is 0 Å². The van der Waals surface area contributed by atoms with Crippen LogP contribution in [0.3, 0.4) is 0 Å². The van der Waals surface area contributed by atoms with Crippen LogP contribution in [-0.2, 0) is 11.3 Å². The van der Waals surface area contributed by atoms with Crippen LogP contribution in [0.2, 0.25) is 0 Å². The highest BCUT2D eigenvalue weighted by molar-refractivity contribution is 9.10. The molecule has 0 aromatic heterocycles. The molecule has 0 bridgehead atoms. The molecule has 0 amide bonds. The lowest BCUT2D eigenvalue weighted by molar-refractivity contribution is -0.0979. The monoisotopic (exact) mass is 297 g/mol. The molecule has 1 fully saturated rings. The zero-order valence-electron chi connectivity index (χ0n) is 10.7. The molecule has 2 nitrogen and oxygen atoms in total. The van der Waals surface area contributed by atoms with Crippen molar-refractivity contribution < 1.29 is 4.74 Å². The second kappa shape index (κ2) is 5.09. The molecule has 2 atom stereocenters. The number of ether oxygens (including phenoxy) is 1. The van der Waals surface area contributed by atoms with Crippen molar-refractivity contribution in [2.24, 2.45) is 5.41 Å². The van der Waals surface area contributed by atoms with E-state index in [4.69, 9.17) is 4.74 Å². The first kappa shape index (κ1) is 13.1. The predicted octanol–water partition coefficient (Wildman–Crippen LogP) is 3.35. The maximum Gasteiger partial charge on any atom is 0.0652 e. The lowest BCUT2D eigenvalue weighted by atomic mass is 9.64. The van der Waals surface area contributed by atoms with Gasteiger partial charge in [0, 0.05) is 29.6 Å². The average Bonchev–Trinajstić information content (AvgIpc) is 2.28. The number of nitrogens with one attached hydrogen (secondary N) is 1. The van der Waals surface area contributed by atoms with Crippen LogP contribution in [0.4, 0.5) is 0 Å². The van der Waals surface area contributed by atoms with Crippen LogP contribution in [0.25, 0.3) is 0 Å². The first-order chi connectivity index (χ1) is 8.04. The number of hydrogen-bond donors (Lipinski definition) is 1. The zero-order chi connectivity index (χ0) is 12.5. The van der Waals surface area contributed by atoms with Gasteiger partial charge >= 0.3 is 0 Å². The van der Waals surface area contributed by atoms with Crippen molar-refractivity contribution in [2.45, 2.75) is 39.0 Å². The lowest BCUT2D eigenvalue weighted by Crippen LogP contribution is -2.60. The number of benzene rings is 1. The summed E-state index contributed by atoms with van der Waals surface area (Å²) < 4.78 is 6.59. The molecule has 0 saturated heterocycles. The third-order valence-electron chi connectivity index (χ3n) is 3.90. The van der Waals surface area contributed by atoms with E-state index in [1.807, 2.05) is 0 Å². The first-order valence-corrected chi connectivity index (χ1v) is 6.84. The first-order valence-electron chi connectivity index (χ1n) is 6.04. The maximum absolute atomic E-state index is 5.46. The van der Waals surface area contributed by atoms with Crippen LogP contribution in [0.5, 0.6) is 0 Å². The lowest BCUT2D eigenvalue weighted by Gasteiger charge is -2.51. The number of hydrogen-bond acceptors (Lipinski definition) is 2. The Bertz CT molecular complexity index is 392. The predicted molar refractivity (Wildman–Crippen MR) is 74.0 cm³/mol. The molecule has 2 unspecified atom stereocenters. The summed E-state index contributed by atoms with van der Waals surface area (Å²) in [5.41, 5.74) is 1.55. The molecule has 0 aliphatic heterocycles. The van der Waals surface area contributed by atoms with E-state index in [-0.39, 0.29) is 5.41 Å². The quantitative estimate of drug-likeness (QED) is 0.920. The van der Waals surface area contributed by atoms with E-state index in [0.717, 1.165) is 17.4 Å². The third kappa shape index (κ3) is 2.72.